The zero-order chi connectivity index (χ0) is 26.9. The monoisotopic (exact) mass is 553 g/mol. The number of hydrogen-bond donors (Lipinski definition) is 3. The van der Waals surface area contributed by atoms with Crippen LogP contribution in [0.25, 0.3) is 0 Å². The molecule has 9 nitrogen and oxygen atoms in total. The first-order chi connectivity index (χ1) is 18.2. The van der Waals surface area contributed by atoms with Gasteiger partial charge in [-0.15, -0.1) is 4.72 Å². The molecule has 2 atom stereocenters. The van der Waals surface area contributed by atoms with Gasteiger partial charge in [-0.05, 0) is 69.0 Å². The van der Waals surface area contributed by atoms with Gasteiger partial charge >= 0.3 is 0 Å². The smallest absolute Gasteiger partial charge is 0.223 e. The maximum Gasteiger partial charge on any atom is 0.223 e. The third kappa shape index (κ3) is 5.48. The molecule has 0 bridgehead atoms. The van der Waals surface area contributed by atoms with Crippen molar-refractivity contribution in [1.29, 1.82) is 0 Å². The first-order valence-electron chi connectivity index (χ1n) is 12.9. The van der Waals surface area contributed by atoms with Gasteiger partial charge < -0.3 is 19.9 Å². The van der Waals surface area contributed by atoms with Gasteiger partial charge in [-0.2, -0.15) is 0 Å². The molecule has 2 aliphatic rings. The number of rotatable bonds is 7. The molecule has 2 aromatic heterocycles. The Morgan fingerprint density at radius 1 is 1.13 bits per heavy atom. The van der Waals surface area contributed by atoms with Crippen LogP contribution in [0.3, 0.4) is 0 Å². The lowest BCUT2D eigenvalue weighted by Crippen LogP contribution is -2.50. The van der Waals surface area contributed by atoms with Crippen LogP contribution in [0.15, 0.2) is 52.8 Å². The van der Waals surface area contributed by atoms with Crippen LogP contribution in [0, 0.1) is 5.41 Å². The average molecular weight is 554 g/mol. The highest BCUT2D eigenvalue weighted by Crippen LogP contribution is 2.53. The van der Waals surface area contributed by atoms with Crippen molar-refractivity contribution in [3.8, 4) is 0 Å². The molecule has 0 saturated carbocycles. The Hall–Kier alpha value is -2.44. The van der Waals surface area contributed by atoms with Crippen molar-refractivity contribution < 1.29 is 9.66 Å². The van der Waals surface area contributed by atoms with Gasteiger partial charge in [-0.3, -0.25) is 0 Å². The van der Waals surface area contributed by atoms with Gasteiger partial charge in [0.05, 0.1) is 18.8 Å². The number of hydrogen-bond acceptors (Lipinski definition) is 10. The highest BCUT2D eigenvalue weighted by Gasteiger charge is 2.50. The number of aromatic nitrogens is 4. The van der Waals surface area contributed by atoms with Crippen molar-refractivity contribution in [1.82, 2.24) is 24.7 Å². The molecule has 3 N–H and O–H groups in total. The summed E-state index contributed by atoms with van der Waals surface area (Å²) in [7, 11) is 1.78. The fourth-order valence-electron chi connectivity index (χ4n) is 5.34. The first kappa shape index (κ1) is 27.1. The van der Waals surface area contributed by atoms with Gasteiger partial charge in [-0.25, -0.2) is 19.9 Å². The number of nitrogens with one attached hydrogen (secondary N) is 2. The van der Waals surface area contributed by atoms with Gasteiger partial charge in [0, 0.05) is 43.1 Å². The summed E-state index contributed by atoms with van der Waals surface area (Å²) in [6.07, 6.45) is 6.26. The Morgan fingerprint density at radius 2 is 1.89 bits per heavy atom. The van der Waals surface area contributed by atoms with Crippen molar-refractivity contribution in [2.75, 3.05) is 30.4 Å². The van der Waals surface area contributed by atoms with Crippen LogP contribution in [-0.4, -0.2) is 54.5 Å². The maximum absolute atomic E-state index is 13.2. The molecule has 1 aliphatic heterocycles. The van der Waals surface area contributed by atoms with E-state index in [9.17, 15) is 9.66 Å². The number of aliphatic hydroxyl groups excluding tert-OH is 1. The van der Waals surface area contributed by atoms with Crippen LogP contribution in [0.2, 0.25) is 0 Å². The molecule has 1 aromatic carbocycles. The van der Waals surface area contributed by atoms with Crippen molar-refractivity contribution in [2.24, 2.45) is 5.41 Å². The zero-order valence-electron chi connectivity index (χ0n) is 22.3. The lowest BCUT2D eigenvalue weighted by Gasteiger charge is -2.44. The largest absolute Gasteiger partial charge is 0.598 e. The molecule has 3 heterocycles. The molecule has 5 rings (SSSR count). The lowest BCUT2D eigenvalue weighted by molar-refractivity contribution is 0.175. The van der Waals surface area contributed by atoms with Crippen molar-refractivity contribution in [3.63, 3.8) is 0 Å². The van der Waals surface area contributed by atoms with Crippen LogP contribution in [0.4, 0.5) is 11.8 Å². The third-order valence-corrected chi connectivity index (χ3v) is 9.78. The van der Waals surface area contributed by atoms with Gasteiger partial charge in [0.1, 0.15) is 20.5 Å². The summed E-state index contributed by atoms with van der Waals surface area (Å²) in [5, 5.41) is 14.5. The van der Waals surface area contributed by atoms with E-state index in [1.54, 1.807) is 19.4 Å². The normalized spacial score (nSPS) is 19.4. The van der Waals surface area contributed by atoms with Crippen molar-refractivity contribution in [2.45, 2.75) is 67.5 Å². The summed E-state index contributed by atoms with van der Waals surface area (Å²) >= 11 is 0.218. The van der Waals surface area contributed by atoms with E-state index in [0.29, 0.717) is 16.7 Å². The highest BCUT2D eigenvalue weighted by molar-refractivity contribution is 7.99. The number of aliphatic hydroxyl groups is 1. The molecule has 1 saturated heterocycles. The van der Waals surface area contributed by atoms with Crippen LogP contribution in [0.5, 0.6) is 0 Å². The minimum Gasteiger partial charge on any atom is -0.598 e. The Kier molecular flexibility index (Phi) is 7.84. The van der Waals surface area contributed by atoms with Gasteiger partial charge in [0.25, 0.3) is 0 Å². The minimum atomic E-state index is -1.17. The molecule has 11 heteroatoms. The number of anilines is 2. The predicted molar refractivity (Wildman–Crippen MR) is 151 cm³/mol. The summed E-state index contributed by atoms with van der Waals surface area (Å²) in [6, 6.07) is 10.4. The summed E-state index contributed by atoms with van der Waals surface area (Å²) < 4.78 is 16.3. The van der Waals surface area contributed by atoms with Gasteiger partial charge in [0.15, 0.2) is 5.82 Å². The highest BCUT2D eigenvalue weighted by atomic mass is 32.2. The second kappa shape index (κ2) is 11.0. The fourth-order valence-corrected chi connectivity index (χ4v) is 7.02. The molecule has 1 aliphatic carbocycles. The van der Waals surface area contributed by atoms with Crippen LogP contribution in [-0.2, 0) is 24.4 Å². The lowest BCUT2D eigenvalue weighted by atomic mass is 9.73. The summed E-state index contributed by atoms with van der Waals surface area (Å²) in [5.74, 6) is 1.26. The fraction of sp³-hybridized carbons (Fsp3) is 0.481. The molecule has 0 amide bonds. The molecule has 1 unspecified atom stereocenters. The quantitative estimate of drug-likeness (QED) is 0.293. The van der Waals surface area contributed by atoms with Gasteiger partial charge in [-0.1, -0.05) is 24.3 Å². The second-order valence-electron chi connectivity index (χ2n) is 10.9. The van der Waals surface area contributed by atoms with Crippen LogP contribution in [0.1, 0.15) is 56.5 Å². The zero-order valence-corrected chi connectivity index (χ0v) is 23.9. The van der Waals surface area contributed by atoms with Gasteiger partial charge in [0.2, 0.25) is 5.95 Å². The maximum atomic E-state index is 13.2. The van der Waals surface area contributed by atoms with E-state index >= 15 is 0 Å². The van der Waals surface area contributed by atoms with Crippen LogP contribution < -0.4 is 14.9 Å². The van der Waals surface area contributed by atoms with E-state index in [0.717, 1.165) is 43.2 Å². The van der Waals surface area contributed by atoms with E-state index < -0.39 is 11.4 Å². The molecule has 3 aromatic rings. The van der Waals surface area contributed by atoms with Crippen molar-refractivity contribution in [3.05, 3.63) is 59.5 Å². The molecular formula is C27H35N7O2S2. The summed E-state index contributed by atoms with van der Waals surface area (Å²) in [6.45, 7) is 7.42. The average Bonchev–Trinajstić information content (AvgIpc) is 3.21. The predicted octanol–water partition coefficient (Wildman–Crippen LogP) is 3.89. The number of piperidine rings is 1. The topological polar surface area (TPSA) is 122 Å². The van der Waals surface area contributed by atoms with E-state index in [-0.39, 0.29) is 22.8 Å². The molecular weight excluding hydrogens is 518 g/mol. The number of fused-ring (bicyclic) bond motifs is 1. The molecule has 38 heavy (non-hydrogen) atoms. The van der Waals surface area contributed by atoms with Crippen LogP contribution >= 0.6 is 11.8 Å². The summed E-state index contributed by atoms with van der Waals surface area (Å²) in [5.41, 5.74) is 3.16. The van der Waals surface area contributed by atoms with E-state index in [1.807, 2.05) is 26.8 Å². The minimum absolute atomic E-state index is 0.0122. The molecule has 202 valence electrons. The molecule has 1 spiro atoms. The number of nitrogens with zero attached hydrogens (tertiary/aromatic N) is 5. The SMILES string of the molecule is CNc1nccc(Sc2cnc(N3CCC4(CC3)Cc3ccccc3[C@H]4N[S+]([O-])C(C)(C)C)c(CO)n2)n1. The Morgan fingerprint density at radius 3 is 2.61 bits per heavy atom. The Balaban J connectivity index is 1.33. The summed E-state index contributed by atoms with van der Waals surface area (Å²) in [4.78, 5) is 20.2. The first-order valence-corrected chi connectivity index (χ1v) is 14.9. The standard InChI is InChI=1S/C27H35N7O2S2/c1-26(2,3)38(36)33-23-19-8-6-5-7-18(19)15-27(23)10-13-34(14-11-27)24-20(17-35)31-22(16-30-24)37-21-9-12-29-25(28-4)32-21/h5-9,12,16,23,33,35H,10-11,13-15,17H2,1-4H3,(H,28,29,32)/t23-,38?/m1/s1. The van der Waals surface area contributed by atoms with E-state index in [2.05, 4.69) is 49.2 Å². The van der Waals surface area contributed by atoms with E-state index in [4.69, 9.17) is 9.97 Å². The molecule has 0 radical (unpaired) electrons. The van der Waals surface area contributed by atoms with Crippen molar-refractivity contribution >= 4 is 34.9 Å². The third-order valence-electron chi connectivity index (χ3n) is 7.37. The molecule has 1 fully saturated rings. The Bertz CT molecular complexity index is 1280. The Labute approximate surface area is 231 Å². The second-order valence-corrected chi connectivity index (χ2v) is 13.9. The van der Waals surface area contributed by atoms with E-state index in [1.165, 1.54) is 22.9 Å². The number of benzene rings is 1.